The van der Waals surface area contributed by atoms with E-state index in [2.05, 4.69) is 37.8 Å². The average Bonchev–Trinajstić information content (AvgIpc) is 2.58. The van der Waals surface area contributed by atoms with E-state index in [-0.39, 0.29) is 0 Å². The molecule has 0 unspecified atom stereocenters. The molecule has 7 heteroatoms. The number of hydrogen-bond donors (Lipinski definition) is 1. The maximum atomic E-state index is 5.67. The topological polar surface area (TPSA) is 62.6 Å². The van der Waals surface area contributed by atoms with Gasteiger partial charge in [-0.2, -0.15) is 5.10 Å². The van der Waals surface area contributed by atoms with Gasteiger partial charge in [-0.05, 0) is 29.8 Å². The number of hydrazone groups is 1. The third kappa shape index (κ3) is 3.93. The van der Waals surface area contributed by atoms with Crippen LogP contribution in [-0.2, 0) is 4.74 Å². The quantitative estimate of drug-likeness (QED) is 0.693. The number of ether oxygens (including phenoxy) is 1. The third-order valence-corrected chi connectivity index (χ3v) is 3.50. The zero-order valence-corrected chi connectivity index (χ0v) is 12.7. The first-order chi connectivity index (χ1) is 10.8. The number of halogens is 1. The van der Waals surface area contributed by atoms with Crippen LogP contribution in [0.1, 0.15) is 5.56 Å². The summed E-state index contributed by atoms with van der Waals surface area (Å²) in [6, 6.07) is 11.6. The van der Waals surface area contributed by atoms with Gasteiger partial charge in [0.15, 0.2) is 11.0 Å². The van der Waals surface area contributed by atoms with Crippen LogP contribution >= 0.6 is 11.6 Å². The average molecular weight is 318 g/mol. The molecule has 22 heavy (non-hydrogen) atoms. The Balaban J connectivity index is 1.58. The highest BCUT2D eigenvalue weighted by Gasteiger charge is 2.10. The van der Waals surface area contributed by atoms with Crippen molar-refractivity contribution in [3.05, 3.63) is 47.1 Å². The van der Waals surface area contributed by atoms with E-state index in [1.165, 1.54) is 5.69 Å². The summed E-state index contributed by atoms with van der Waals surface area (Å²) in [5, 5.41) is 12.1. The molecule has 1 aliphatic heterocycles. The van der Waals surface area contributed by atoms with E-state index in [0.717, 1.165) is 31.9 Å². The number of hydrogen-bond acceptors (Lipinski definition) is 6. The molecular formula is C15H16ClN5O. The molecule has 1 fully saturated rings. The summed E-state index contributed by atoms with van der Waals surface area (Å²) in [4.78, 5) is 2.31. The number of anilines is 2. The van der Waals surface area contributed by atoms with Crippen LogP contribution in [0.2, 0.25) is 5.15 Å². The Labute approximate surface area is 133 Å². The van der Waals surface area contributed by atoms with Crippen molar-refractivity contribution in [2.75, 3.05) is 36.6 Å². The van der Waals surface area contributed by atoms with Crippen molar-refractivity contribution in [3.8, 4) is 0 Å². The van der Waals surface area contributed by atoms with Gasteiger partial charge in [-0.15, -0.1) is 10.2 Å². The second-order valence-electron chi connectivity index (χ2n) is 4.80. The van der Waals surface area contributed by atoms with E-state index in [1.807, 2.05) is 12.1 Å². The van der Waals surface area contributed by atoms with Crippen LogP contribution in [0, 0.1) is 0 Å². The van der Waals surface area contributed by atoms with Gasteiger partial charge in [0.2, 0.25) is 0 Å². The minimum Gasteiger partial charge on any atom is -0.378 e. The standard InChI is InChI=1S/C15H16ClN5O/c16-14-5-6-15(20-18-14)19-17-11-12-1-3-13(4-2-12)21-7-9-22-10-8-21/h1-6,11H,7-10H2,(H,19,20). The van der Waals surface area contributed by atoms with E-state index in [1.54, 1.807) is 18.3 Å². The number of benzene rings is 1. The molecule has 6 nitrogen and oxygen atoms in total. The highest BCUT2D eigenvalue weighted by molar-refractivity contribution is 6.29. The molecule has 1 N–H and O–H groups in total. The zero-order valence-electron chi connectivity index (χ0n) is 11.9. The largest absolute Gasteiger partial charge is 0.378 e. The normalized spacial score (nSPS) is 15.2. The van der Waals surface area contributed by atoms with Crippen LogP contribution < -0.4 is 10.3 Å². The molecular weight excluding hydrogens is 302 g/mol. The van der Waals surface area contributed by atoms with Crippen LogP contribution in [0.25, 0.3) is 0 Å². The Morgan fingerprint density at radius 1 is 1.09 bits per heavy atom. The van der Waals surface area contributed by atoms with Gasteiger partial charge in [0, 0.05) is 18.8 Å². The third-order valence-electron chi connectivity index (χ3n) is 3.29. The van der Waals surface area contributed by atoms with Gasteiger partial charge in [-0.1, -0.05) is 23.7 Å². The van der Waals surface area contributed by atoms with E-state index in [0.29, 0.717) is 11.0 Å². The van der Waals surface area contributed by atoms with Gasteiger partial charge >= 0.3 is 0 Å². The lowest BCUT2D eigenvalue weighted by Crippen LogP contribution is -2.36. The maximum Gasteiger partial charge on any atom is 0.168 e. The molecule has 1 aliphatic rings. The van der Waals surface area contributed by atoms with Gasteiger partial charge in [-0.25, -0.2) is 0 Å². The van der Waals surface area contributed by atoms with Gasteiger partial charge < -0.3 is 9.64 Å². The first-order valence-electron chi connectivity index (χ1n) is 7.02. The summed E-state index contributed by atoms with van der Waals surface area (Å²) in [7, 11) is 0. The molecule has 0 aliphatic carbocycles. The molecule has 1 aromatic heterocycles. The second-order valence-corrected chi connectivity index (χ2v) is 5.19. The minimum absolute atomic E-state index is 0.355. The van der Waals surface area contributed by atoms with Crippen LogP contribution in [0.15, 0.2) is 41.5 Å². The van der Waals surface area contributed by atoms with Crippen molar-refractivity contribution in [1.82, 2.24) is 10.2 Å². The number of rotatable bonds is 4. The first-order valence-corrected chi connectivity index (χ1v) is 7.40. The lowest BCUT2D eigenvalue weighted by atomic mass is 10.2. The molecule has 114 valence electrons. The lowest BCUT2D eigenvalue weighted by molar-refractivity contribution is 0.122. The van der Waals surface area contributed by atoms with Crippen LogP contribution in [0.5, 0.6) is 0 Å². The van der Waals surface area contributed by atoms with E-state index in [9.17, 15) is 0 Å². The molecule has 0 saturated carbocycles. The van der Waals surface area contributed by atoms with E-state index in [4.69, 9.17) is 16.3 Å². The van der Waals surface area contributed by atoms with Crippen molar-refractivity contribution in [2.24, 2.45) is 5.10 Å². The minimum atomic E-state index is 0.355. The predicted molar refractivity (Wildman–Crippen MR) is 87.7 cm³/mol. The number of morpholine rings is 1. The monoisotopic (exact) mass is 317 g/mol. The van der Waals surface area contributed by atoms with Gasteiger partial charge in [0.1, 0.15) is 0 Å². The Hall–Kier alpha value is -2.18. The van der Waals surface area contributed by atoms with Crippen molar-refractivity contribution in [3.63, 3.8) is 0 Å². The summed E-state index contributed by atoms with van der Waals surface area (Å²) in [6.45, 7) is 3.44. The second kappa shape index (κ2) is 7.20. The van der Waals surface area contributed by atoms with Gasteiger partial charge in [0.25, 0.3) is 0 Å². The summed E-state index contributed by atoms with van der Waals surface area (Å²) < 4.78 is 5.36. The van der Waals surface area contributed by atoms with Crippen LogP contribution in [-0.4, -0.2) is 42.7 Å². The molecule has 0 radical (unpaired) electrons. The highest BCUT2D eigenvalue weighted by Crippen LogP contribution is 2.16. The summed E-state index contributed by atoms with van der Waals surface area (Å²) in [5.41, 5.74) is 5.02. The molecule has 0 amide bonds. The summed E-state index contributed by atoms with van der Waals surface area (Å²) >= 11 is 5.67. The first kappa shape index (κ1) is 14.7. The van der Waals surface area contributed by atoms with E-state index >= 15 is 0 Å². The van der Waals surface area contributed by atoms with E-state index < -0.39 is 0 Å². The molecule has 1 aromatic carbocycles. The Kier molecular flexibility index (Phi) is 4.82. The summed E-state index contributed by atoms with van der Waals surface area (Å²) in [6.07, 6.45) is 1.74. The van der Waals surface area contributed by atoms with Gasteiger partial charge in [0.05, 0.1) is 19.4 Å². The fourth-order valence-electron chi connectivity index (χ4n) is 2.14. The Morgan fingerprint density at radius 3 is 2.55 bits per heavy atom. The molecule has 2 aromatic rings. The van der Waals surface area contributed by atoms with Crippen molar-refractivity contribution < 1.29 is 4.74 Å². The zero-order chi connectivity index (χ0) is 15.2. The molecule has 1 saturated heterocycles. The molecule has 0 bridgehead atoms. The SMILES string of the molecule is Clc1ccc(NN=Cc2ccc(N3CCOCC3)cc2)nn1. The van der Waals surface area contributed by atoms with Crippen LogP contribution in [0.3, 0.4) is 0 Å². The molecule has 2 heterocycles. The summed E-state index contributed by atoms with van der Waals surface area (Å²) in [5.74, 6) is 0.547. The molecule has 0 atom stereocenters. The van der Waals surface area contributed by atoms with Gasteiger partial charge in [-0.3, -0.25) is 5.43 Å². The highest BCUT2D eigenvalue weighted by atomic mass is 35.5. The number of aromatic nitrogens is 2. The molecule has 3 rings (SSSR count). The smallest absolute Gasteiger partial charge is 0.168 e. The predicted octanol–water partition coefficient (Wildman–Crippen LogP) is 2.41. The number of nitrogens with zero attached hydrogens (tertiary/aromatic N) is 4. The van der Waals surface area contributed by atoms with Crippen molar-refractivity contribution in [1.29, 1.82) is 0 Å². The maximum absolute atomic E-state index is 5.67. The fourth-order valence-corrected chi connectivity index (χ4v) is 2.24. The van der Waals surface area contributed by atoms with Crippen molar-refractivity contribution >= 4 is 29.3 Å². The number of nitrogens with one attached hydrogen (secondary N) is 1. The van der Waals surface area contributed by atoms with Crippen molar-refractivity contribution in [2.45, 2.75) is 0 Å². The van der Waals surface area contributed by atoms with Crippen LogP contribution in [0.4, 0.5) is 11.5 Å². The lowest BCUT2D eigenvalue weighted by Gasteiger charge is -2.28. The fraction of sp³-hybridized carbons (Fsp3) is 0.267. The Morgan fingerprint density at radius 2 is 1.86 bits per heavy atom. The Bertz CT molecular complexity index is 623. The molecule has 0 spiro atoms.